The molecule has 0 saturated heterocycles. The SMILES string of the molecule is CC(C)Oc1ccc(C(=O)NC2CCc3cccc(-c4ccncc4)c3C2)cn1. The number of fused-ring (bicyclic) bond motifs is 1. The third-order valence-electron chi connectivity index (χ3n) is 5.17. The van der Waals surface area contributed by atoms with Crippen LogP contribution in [0.25, 0.3) is 11.1 Å². The van der Waals surface area contributed by atoms with Gasteiger partial charge in [-0.15, -0.1) is 0 Å². The standard InChI is InChI=1S/C24H25N3O2/c1-16(2)29-23-9-7-19(15-26-23)24(28)27-20-8-6-17-4-3-5-21(22(17)14-20)18-10-12-25-13-11-18/h3-5,7,9-13,15-16,20H,6,8,14H2,1-2H3,(H,27,28). The fourth-order valence-electron chi connectivity index (χ4n) is 3.81. The first-order valence-corrected chi connectivity index (χ1v) is 10.0. The number of pyridine rings is 2. The van der Waals surface area contributed by atoms with E-state index in [9.17, 15) is 4.79 Å². The molecule has 2 aromatic heterocycles. The van der Waals surface area contributed by atoms with Crippen LogP contribution >= 0.6 is 0 Å². The van der Waals surface area contributed by atoms with E-state index in [1.165, 1.54) is 16.7 Å². The van der Waals surface area contributed by atoms with Crippen molar-refractivity contribution in [3.8, 4) is 17.0 Å². The molecule has 2 heterocycles. The van der Waals surface area contributed by atoms with E-state index < -0.39 is 0 Å². The van der Waals surface area contributed by atoms with E-state index in [4.69, 9.17) is 4.74 Å². The average molecular weight is 387 g/mol. The van der Waals surface area contributed by atoms with Crippen LogP contribution in [0.3, 0.4) is 0 Å². The van der Waals surface area contributed by atoms with Crippen LogP contribution in [-0.2, 0) is 12.8 Å². The molecular weight excluding hydrogens is 362 g/mol. The fraction of sp³-hybridized carbons (Fsp3) is 0.292. The summed E-state index contributed by atoms with van der Waals surface area (Å²) in [7, 11) is 0. The van der Waals surface area contributed by atoms with Crippen molar-refractivity contribution >= 4 is 5.91 Å². The first-order chi connectivity index (χ1) is 14.1. The highest BCUT2D eigenvalue weighted by Gasteiger charge is 2.23. The van der Waals surface area contributed by atoms with Crippen LogP contribution in [0.5, 0.6) is 5.88 Å². The van der Waals surface area contributed by atoms with Gasteiger partial charge in [0, 0.05) is 30.7 Å². The molecule has 0 radical (unpaired) electrons. The lowest BCUT2D eigenvalue weighted by molar-refractivity contribution is 0.0933. The van der Waals surface area contributed by atoms with Gasteiger partial charge >= 0.3 is 0 Å². The second-order valence-corrected chi connectivity index (χ2v) is 7.64. The van der Waals surface area contributed by atoms with Crippen LogP contribution in [-0.4, -0.2) is 28.0 Å². The predicted octanol–water partition coefficient (Wildman–Crippen LogP) is 4.22. The Morgan fingerprint density at radius 3 is 2.69 bits per heavy atom. The van der Waals surface area contributed by atoms with Crippen molar-refractivity contribution < 1.29 is 9.53 Å². The summed E-state index contributed by atoms with van der Waals surface area (Å²) in [6, 6.07) is 14.1. The van der Waals surface area contributed by atoms with Gasteiger partial charge in [0.2, 0.25) is 5.88 Å². The monoisotopic (exact) mass is 387 g/mol. The minimum atomic E-state index is -0.0940. The highest BCUT2D eigenvalue weighted by Crippen LogP contribution is 2.31. The molecule has 29 heavy (non-hydrogen) atoms. The largest absolute Gasteiger partial charge is 0.475 e. The van der Waals surface area contributed by atoms with E-state index in [1.807, 2.05) is 38.4 Å². The number of ether oxygens (including phenoxy) is 1. The van der Waals surface area contributed by atoms with Crippen LogP contribution in [0.15, 0.2) is 61.1 Å². The van der Waals surface area contributed by atoms with Gasteiger partial charge in [0.05, 0.1) is 11.7 Å². The van der Waals surface area contributed by atoms with Gasteiger partial charge in [-0.3, -0.25) is 9.78 Å². The van der Waals surface area contributed by atoms with Crippen molar-refractivity contribution in [1.29, 1.82) is 0 Å². The first-order valence-electron chi connectivity index (χ1n) is 10.0. The minimum absolute atomic E-state index is 0.0547. The normalized spacial score (nSPS) is 15.6. The summed E-state index contributed by atoms with van der Waals surface area (Å²) in [5.41, 5.74) is 5.61. The molecule has 0 saturated carbocycles. The lowest BCUT2D eigenvalue weighted by Crippen LogP contribution is -2.39. The van der Waals surface area contributed by atoms with Crippen LogP contribution in [0.1, 0.15) is 41.8 Å². The number of rotatable bonds is 5. The molecule has 148 valence electrons. The van der Waals surface area contributed by atoms with Crippen molar-refractivity contribution in [3.05, 3.63) is 77.7 Å². The Morgan fingerprint density at radius 1 is 1.14 bits per heavy atom. The van der Waals surface area contributed by atoms with Gasteiger partial charge in [-0.1, -0.05) is 18.2 Å². The van der Waals surface area contributed by atoms with Gasteiger partial charge < -0.3 is 10.1 Å². The number of aromatic nitrogens is 2. The third kappa shape index (κ3) is 4.45. The molecule has 1 aromatic carbocycles. The molecule has 1 unspecified atom stereocenters. The lowest BCUT2D eigenvalue weighted by Gasteiger charge is -2.27. The molecule has 1 atom stereocenters. The second kappa shape index (κ2) is 8.43. The maximum absolute atomic E-state index is 12.7. The Kier molecular flexibility index (Phi) is 5.56. The highest BCUT2D eigenvalue weighted by atomic mass is 16.5. The zero-order valence-electron chi connectivity index (χ0n) is 16.8. The van der Waals surface area contributed by atoms with Gasteiger partial charge in [-0.05, 0) is 73.6 Å². The number of nitrogens with zero attached hydrogens (tertiary/aromatic N) is 2. The van der Waals surface area contributed by atoms with Gasteiger partial charge in [-0.25, -0.2) is 4.98 Å². The number of benzene rings is 1. The topological polar surface area (TPSA) is 64.1 Å². The fourth-order valence-corrected chi connectivity index (χ4v) is 3.81. The summed E-state index contributed by atoms with van der Waals surface area (Å²) >= 11 is 0. The van der Waals surface area contributed by atoms with E-state index in [0.29, 0.717) is 11.4 Å². The Labute approximate surface area is 171 Å². The van der Waals surface area contributed by atoms with Crippen molar-refractivity contribution in [2.24, 2.45) is 0 Å². The molecule has 1 amide bonds. The Balaban J connectivity index is 1.48. The summed E-state index contributed by atoms with van der Waals surface area (Å²) in [6.45, 7) is 3.90. The molecule has 3 aromatic rings. The summed E-state index contributed by atoms with van der Waals surface area (Å²) < 4.78 is 5.55. The Bertz CT molecular complexity index is 985. The van der Waals surface area contributed by atoms with E-state index in [1.54, 1.807) is 18.3 Å². The molecule has 0 fully saturated rings. The van der Waals surface area contributed by atoms with E-state index in [2.05, 4.69) is 33.5 Å². The molecule has 0 bridgehead atoms. The van der Waals surface area contributed by atoms with Crippen molar-refractivity contribution in [2.45, 2.75) is 45.3 Å². The van der Waals surface area contributed by atoms with Gasteiger partial charge in [0.25, 0.3) is 5.91 Å². The number of amides is 1. The summed E-state index contributed by atoms with van der Waals surface area (Å²) in [5.74, 6) is 0.438. The van der Waals surface area contributed by atoms with Crippen molar-refractivity contribution in [3.63, 3.8) is 0 Å². The molecule has 0 spiro atoms. The van der Waals surface area contributed by atoms with E-state index in [-0.39, 0.29) is 18.1 Å². The van der Waals surface area contributed by atoms with Crippen LogP contribution < -0.4 is 10.1 Å². The summed E-state index contributed by atoms with van der Waals surface area (Å²) in [5, 5.41) is 3.18. The Hall–Kier alpha value is -3.21. The maximum atomic E-state index is 12.7. The van der Waals surface area contributed by atoms with E-state index in [0.717, 1.165) is 24.8 Å². The third-order valence-corrected chi connectivity index (χ3v) is 5.17. The second-order valence-electron chi connectivity index (χ2n) is 7.64. The Morgan fingerprint density at radius 2 is 1.97 bits per heavy atom. The zero-order valence-corrected chi connectivity index (χ0v) is 16.8. The van der Waals surface area contributed by atoms with Gasteiger partial charge in [0.1, 0.15) is 0 Å². The maximum Gasteiger partial charge on any atom is 0.253 e. The van der Waals surface area contributed by atoms with Crippen molar-refractivity contribution in [2.75, 3.05) is 0 Å². The molecule has 1 aliphatic rings. The number of carbonyl (C=O) groups excluding carboxylic acids is 1. The highest BCUT2D eigenvalue weighted by molar-refractivity contribution is 5.94. The number of aryl methyl sites for hydroxylation is 1. The quantitative estimate of drug-likeness (QED) is 0.712. The van der Waals surface area contributed by atoms with Crippen LogP contribution in [0.2, 0.25) is 0 Å². The molecule has 5 heteroatoms. The van der Waals surface area contributed by atoms with Crippen molar-refractivity contribution in [1.82, 2.24) is 15.3 Å². The molecule has 1 aliphatic carbocycles. The number of hydrogen-bond acceptors (Lipinski definition) is 4. The smallest absolute Gasteiger partial charge is 0.253 e. The number of carbonyl (C=O) groups is 1. The molecule has 5 nitrogen and oxygen atoms in total. The number of nitrogens with one attached hydrogen (secondary N) is 1. The lowest BCUT2D eigenvalue weighted by atomic mass is 9.83. The predicted molar refractivity (Wildman–Crippen MR) is 113 cm³/mol. The first kappa shape index (κ1) is 19.1. The summed E-state index contributed by atoms with van der Waals surface area (Å²) in [6.07, 6.45) is 7.97. The molecule has 4 rings (SSSR count). The summed E-state index contributed by atoms with van der Waals surface area (Å²) in [4.78, 5) is 21.1. The van der Waals surface area contributed by atoms with Gasteiger partial charge in [0.15, 0.2) is 0 Å². The van der Waals surface area contributed by atoms with Gasteiger partial charge in [-0.2, -0.15) is 0 Å². The average Bonchev–Trinajstić information content (AvgIpc) is 2.74. The number of hydrogen-bond donors (Lipinski definition) is 1. The molecular formula is C24H25N3O2. The van der Waals surface area contributed by atoms with Crippen LogP contribution in [0.4, 0.5) is 0 Å². The molecule has 0 aliphatic heterocycles. The zero-order chi connectivity index (χ0) is 20.2. The molecule has 1 N–H and O–H groups in total. The van der Waals surface area contributed by atoms with E-state index >= 15 is 0 Å². The van der Waals surface area contributed by atoms with Crippen LogP contribution in [0, 0.1) is 0 Å². The minimum Gasteiger partial charge on any atom is -0.475 e.